The van der Waals surface area contributed by atoms with Gasteiger partial charge in [-0.1, -0.05) is 29.5 Å². The number of phosphoric ester groups is 1. The van der Waals surface area contributed by atoms with E-state index in [1.165, 1.54) is 25.3 Å². The zero-order valence-corrected chi connectivity index (χ0v) is 35.7. The van der Waals surface area contributed by atoms with Crippen LogP contribution in [0.15, 0.2) is 61.2 Å². The van der Waals surface area contributed by atoms with E-state index in [0.29, 0.717) is 5.56 Å². The number of rotatable bonds is 19. The van der Waals surface area contributed by atoms with E-state index in [2.05, 4.69) is 30.6 Å². The minimum atomic E-state index is -5.11. The smallest absolute Gasteiger partial charge is 0.465 e. The third kappa shape index (κ3) is 9.99. The Morgan fingerprint density at radius 2 is 1.62 bits per heavy atom. The van der Waals surface area contributed by atoms with Crippen LogP contribution in [0.5, 0.6) is 0 Å². The standard InChI is InChI=1S/C36H36F2N10O13P2S/c1-54-36(51)21-10-5-11-22-27(21)45-46-48(22)35-26(38)29(23(16-49)58-35)61-63(64,56-15-7-13-40)57-17-24-30(60-62(52,53)55-14-6-12-39)25(37)34(59-24)47-19-43-28-31(41-18-42-32(28)47)44-33(50)20-8-3-2-4-9-20/h2-5,8-11,18-19,23-26,29-30,34-35,49H,6-7,14-17H2,1H3,(H,52,53)(H,41,42,44,50)/t23-,24-,25-,26-,29-,30-,34-,35-,63?/m1/s1. The molecule has 5 aromatic rings. The SMILES string of the molecule is COC(=O)c1cccc2c1nnn2[C@@H]1O[C@H](CO)[C@@H](OP(=S)(OCCC#N)OC[C@H]2O[C@@H](n3cnc4c(NC(=O)c5ccccc5)ncnc43)[C@H](F)[C@@H]2OP(=O)(O)OCCC#N)[C@H]1F. The van der Waals surface area contributed by atoms with E-state index in [1.54, 1.807) is 36.4 Å². The van der Waals surface area contributed by atoms with Crippen molar-refractivity contribution in [2.75, 3.05) is 38.9 Å². The number of methoxy groups -OCH3 is 1. The Morgan fingerprint density at radius 3 is 2.34 bits per heavy atom. The van der Waals surface area contributed by atoms with E-state index < -0.39 is 102 Å². The highest BCUT2D eigenvalue weighted by molar-refractivity contribution is 8.07. The lowest BCUT2D eigenvalue weighted by Gasteiger charge is -2.29. The van der Waals surface area contributed by atoms with Crippen molar-refractivity contribution in [1.82, 2.24) is 34.5 Å². The number of nitrogens with zero attached hydrogens (tertiary/aromatic N) is 9. The first-order chi connectivity index (χ1) is 30.8. The maximum atomic E-state index is 16.7. The highest BCUT2D eigenvalue weighted by Crippen LogP contribution is 2.56. The third-order valence-electron chi connectivity index (χ3n) is 9.60. The first kappa shape index (κ1) is 46.7. The number of hydrogen-bond acceptors (Lipinski definition) is 20. The molecule has 2 aromatic carbocycles. The van der Waals surface area contributed by atoms with Gasteiger partial charge >= 0.3 is 20.5 Å². The van der Waals surface area contributed by atoms with Gasteiger partial charge in [-0.2, -0.15) is 10.5 Å². The molecule has 0 spiro atoms. The van der Waals surface area contributed by atoms with Crippen molar-refractivity contribution in [3.8, 4) is 12.1 Å². The van der Waals surface area contributed by atoms with E-state index in [-0.39, 0.29) is 46.4 Å². The number of halogens is 2. The molecule has 0 radical (unpaired) electrons. The number of ether oxygens (including phenoxy) is 3. The topological polar surface area (TPSA) is 299 Å². The molecule has 5 heterocycles. The summed E-state index contributed by atoms with van der Waals surface area (Å²) in [6.07, 6.45) is -13.0. The number of alkyl halides is 2. The summed E-state index contributed by atoms with van der Waals surface area (Å²) in [5, 5.41) is 39.0. The molecule has 2 unspecified atom stereocenters. The monoisotopic (exact) mass is 948 g/mol. The number of esters is 1. The molecule has 23 nitrogen and oxygen atoms in total. The minimum absolute atomic E-state index is 0.0151. The number of carbonyl (C=O) groups is 2. The minimum Gasteiger partial charge on any atom is -0.465 e. The molecule has 2 aliphatic heterocycles. The van der Waals surface area contributed by atoms with Gasteiger partial charge in [0, 0.05) is 5.56 Å². The number of nitrogens with one attached hydrogen (secondary N) is 1. The van der Waals surface area contributed by atoms with Crippen LogP contribution in [0.4, 0.5) is 14.6 Å². The molecule has 1 amide bonds. The highest BCUT2D eigenvalue weighted by Gasteiger charge is 2.53. The molecule has 338 valence electrons. The predicted octanol–water partition coefficient (Wildman–Crippen LogP) is 3.75. The lowest BCUT2D eigenvalue weighted by Crippen LogP contribution is -2.35. The summed E-state index contributed by atoms with van der Waals surface area (Å²) in [5.41, 5.74) is 0.541. The predicted molar refractivity (Wildman–Crippen MR) is 215 cm³/mol. The van der Waals surface area contributed by atoms with Gasteiger partial charge in [0.1, 0.15) is 36.3 Å². The van der Waals surface area contributed by atoms with Crippen LogP contribution in [0.3, 0.4) is 0 Å². The Labute approximate surface area is 365 Å². The molecule has 2 fully saturated rings. The van der Waals surface area contributed by atoms with Gasteiger partial charge in [0.2, 0.25) is 0 Å². The lowest BCUT2D eigenvalue weighted by molar-refractivity contribution is -0.0559. The maximum absolute atomic E-state index is 16.7. The number of benzene rings is 2. The number of carbonyl (C=O) groups excluding carboxylic acids is 2. The molecule has 10 atom stereocenters. The van der Waals surface area contributed by atoms with E-state index in [9.17, 15) is 29.4 Å². The Hall–Kier alpha value is -5.31. The van der Waals surface area contributed by atoms with Crippen LogP contribution in [-0.2, 0) is 53.2 Å². The van der Waals surface area contributed by atoms with E-state index in [4.69, 9.17) is 53.9 Å². The van der Waals surface area contributed by atoms with Gasteiger partial charge in [0.25, 0.3) is 5.91 Å². The second-order valence-electron chi connectivity index (χ2n) is 13.6. The normalized spacial score (nSPS) is 25.0. The summed E-state index contributed by atoms with van der Waals surface area (Å²) in [4.78, 5) is 48.4. The van der Waals surface area contributed by atoms with Gasteiger partial charge < -0.3 is 38.6 Å². The van der Waals surface area contributed by atoms with Crippen LogP contribution in [-0.4, -0.2) is 127 Å². The molecular formula is C36H36F2N10O13P2S. The van der Waals surface area contributed by atoms with E-state index >= 15 is 8.78 Å². The molecule has 0 bridgehead atoms. The number of nitriles is 2. The number of imidazole rings is 1. The number of aliphatic hydroxyl groups excluding tert-OH is 1. The average Bonchev–Trinajstić information content (AvgIpc) is 4.07. The van der Waals surface area contributed by atoms with Crippen LogP contribution in [0.25, 0.3) is 22.2 Å². The Morgan fingerprint density at radius 1 is 0.922 bits per heavy atom. The van der Waals surface area contributed by atoms with E-state index in [0.717, 1.165) is 21.9 Å². The van der Waals surface area contributed by atoms with Gasteiger partial charge in [-0.3, -0.25) is 22.9 Å². The quantitative estimate of drug-likeness (QED) is 0.0603. The second-order valence-corrected chi connectivity index (χ2v) is 18.0. The molecule has 3 aromatic heterocycles. The number of anilines is 1. The third-order valence-corrected chi connectivity index (χ3v) is 13.0. The van der Waals surface area contributed by atoms with Crippen molar-refractivity contribution in [2.45, 2.75) is 62.1 Å². The molecule has 0 saturated carbocycles. The Balaban J connectivity index is 1.15. The van der Waals surface area contributed by atoms with Crippen molar-refractivity contribution in [3.63, 3.8) is 0 Å². The maximum Gasteiger partial charge on any atom is 0.472 e. The molecule has 7 rings (SSSR count). The van der Waals surface area contributed by atoms with E-state index in [1.807, 2.05) is 6.07 Å². The van der Waals surface area contributed by atoms with Crippen molar-refractivity contribution in [1.29, 1.82) is 10.5 Å². The van der Waals surface area contributed by atoms with Gasteiger partial charge in [0.15, 0.2) is 41.8 Å². The molecule has 28 heteroatoms. The summed E-state index contributed by atoms with van der Waals surface area (Å²) in [7, 11) is -3.94. The first-order valence-electron chi connectivity index (χ1n) is 18.9. The lowest BCUT2D eigenvalue weighted by atomic mass is 10.1. The first-order valence-corrected chi connectivity index (χ1v) is 23.0. The Kier molecular flexibility index (Phi) is 14.8. The van der Waals surface area contributed by atoms with Gasteiger partial charge in [0.05, 0.1) is 75.9 Å². The van der Waals surface area contributed by atoms with Crippen molar-refractivity contribution in [2.24, 2.45) is 0 Å². The van der Waals surface area contributed by atoms with Gasteiger partial charge in [-0.05, 0) is 36.1 Å². The molecular weight excluding hydrogens is 912 g/mol. The summed E-state index contributed by atoms with van der Waals surface area (Å²) in [6, 6.07) is 16.2. The zero-order valence-electron chi connectivity index (χ0n) is 33.1. The number of amides is 1. The van der Waals surface area contributed by atoms with Crippen LogP contribution >= 0.6 is 14.5 Å². The number of phosphoric acid groups is 1. The van der Waals surface area contributed by atoms with Crippen LogP contribution < -0.4 is 5.32 Å². The summed E-state index contributed by atoms with van der Waals surface area (Å²) < 4.78 is 92.8. The van der Waals surface area contributed by atoms with Crippen LogP contribution in [0.1, 0.15) is 46.0 Å². The van der Waals surface area contributed by atoms with Gasteiger partial charge in [-0.25, -0.2) is 37.8 Å². The summed E-state index contributed by atoms with van der Waals surface area (Å²) in [6.45, 7) is -6.90. The molecule has 2 saturated heterocycles. The number of aliphatic hydroxyl groups is 1. The largest absolute Gasteiger partial charge is 0.472 e. The fraction of sp³-hybridized carbons (Fsp3) is 0.417. The zero-order chi connectivity index (χ0) is 45.6. The highest BCUT2D eigenvalue weighted by atomic mass is 32.5. The molecule has 3 N–H and O–H groups in total. The molecule has 0 aliphatic carbocycles. The van der Waals surface area contributed by atoms with Crippen molar-refractivity contribution in [3.05, 3.63) is 72.3 Å². The number of hydrogen-bond donors (Lipinski definition) is 3. The van der Waals surface area contributed by atoms with Crippen molar-refractivity contribution >= 4 is 66.2 Å². The van der Waals surface area contributed by atoms with Crippen LogP contribution in [0, 0.1) is 22.7 Å². The second kappa shape index (κ2) is 20.2. The fourth-order valence-corrected chi connectivity index (χ4v) is 9.71. The molecule has 64 heavy (non-hydrogen) atoms. The average molecular weight is 949 g/mol. The summed E-state index contributed by atoms with van der Waals surface area (Å²) >= 11 is 5.65. The Bertz CT molecular complexity index is 2670. The number of fused-ring (bicyclic) bond motifs is 2. The van der Waals surface area contributed by atoms with Crippen molar-refractivity contribution < 1.29 is 69.8 Å². The number of aromatic nitrogens is 7. The fourth-order valence-electron chi connectivity index (χ4n) is 6.67. The summed E-state index contributed by atoms with van der Waals surface area (Å²) in [5.74, 6) is -1.30. The van der Waals surface area contributed by atoms with Crippen LogP contribution in [0.2, 0.25) is 0 Å². The molecule has 2 aliphatic rings. The van der Waals surface area contributed by atoms with Gasteiger partial charge in [-0.15, -0.1) is 5.10 Å².